The Labute approximate surface area is 240 Å². The van der Waals surface area contributed by atoms with Gasteiger partial charge in [0.05, 0.1) is 16.8 Å². The van der Waals surface area contributed by atoms with Gasteiger partial charge >= 0.3 is 0 Å². The number of thioether (sulfide) groups is 1. The Balaban J connectivity index is 1.31. The number of nitrogens with zero attached hydrogens (tertiary/aromatic N) is 3. The number of aromatic nitrogens is 2. The molecule has 0 atom stereocenters. The van der Waals surface area contributed by atoms with Crippen molar-refractivity contribution in [2.45, 2.75) is 24.5 Å². The van der Waals surface area contributed by atoms with Crippen LogP contribution < -0.4 is 5.56 Å². The minimum absolute atomic E-state index is 0.0369. The molecule has 0 radical (unpaired) electrons. The van der Waals surface area contributed by atoms with Gasteiger partial charge < -0.3 is 0 Å². The third-order valence-electron chi connectivity index (χ3n) is 7.00. The highest BCUT2D eigenvalue weighted by Crippen LogP contribution is 2.34. The molecule has 0 saturated heterocycles. The summed E-state index contributed by atoms with van der Waals surface area (Å²) in [4.78, 5) is 36.3. The predicted molar refractivity (Wildman–Crippen MR) is 161 cm³/mol. The molecule has 0 fully saturated rings. The number of thiophene rings is 1. The summed E-state index contributed by atoms with van der Waals surface area (Å²) in [7, 11) is 0. The van der Waals surface area contributed by atoms with E-state index in [4.69, 9.17) is 16.6 Å². The monoisotopic (exact) mass is 571 g/mol. The molecule has 5 aromatic rings. The van der Waals surface area contributed by atoms with E-state index in [1.54, 1.807) is 40.2 Å². The van der Waals surface area contributed by atoms with Crippen LogP contribution in [0.5, 0.6) is 0 Å². The van der Waals surface area contributed by atoms with Gasteiger partial charge in [-0.25, -0.2) is 4.98 Å². The van der Waals surface area contributed by atoms with Gasteiger partial charge in [0.25, 0.3) is 5.56 Å². The van der Waals surface area contributed by atoms with E-state index in [-0.39, 0.29) is 17.1 Å². The average Bonchev–Trinajstić information content (AvgIpc) is 3.34. The third-order valence-corrected chi connectivity index (χ3v) is 9.30. The molecule has 39 heavy (non-hydrogen) atoms. The van der Waals surface area contributed by atoms with E-state index < -0.39 is 0 Å². The molecule has 0 aliphatic carbocycles. The highest BCUT2D eigenvalue weighted by Gasteiger charge is 2.26. The molecular weight excluding hydrogens is 546 g/mol. The smallest absolute Gasteiger partial charge is 0.267 e. The van der Waals surface area contributed by atoms with Crippen LogP contribution >= 0.6 is 34.7 Å². The van der Waals surface area contributed by atoms with E-state index in [9.17, 15) is 9.59 Å². The van der Waals surface area contributed by atoms with Crippen molar-refractivity contribution < 1.29 is 4.79 Å². The average molecular weight is 572 g/mol. The molecular formula is C31H26ClN3O2S2. The van der Waals surface area contributed by atoms with E-state index in [1.165, 1.54) is 22.2 Å². The Morgan fingerprint density at radius 2 is 1.69 bits per heavy atom. The lowest BCUT2D eigenvalue weighted by molar-refractivity contribution is 0.102. The van der Waals surface area contributed by atoms with E-state index in [1.807, 2.05) is 36.4 Å². The van der Waals surface area contributed by atoms with Gasteiger partial charge in [-0.3, -0.25) is 19.1 Å². The summed E-state index contributed by atoms with van der Waals surface area (Å²) in [6.07, 6.45) is 1.83. The first kappa shape index (κ1) is 26.0. The number of rotatable bonds is 8. The lowest BCUT2D eigenvalue weighted by atomic mass is 10.0. The number of fused-ring (bicyclic) bond motifs is 3. The minimum Gasteiger partial charge on any atom is -0.298 e. The van der Waals surface area contributed by atoms with E-state index in [0.717, 1.165) is 53.9 Å². The van der Waals surface area contributed by atoms with Crippen molar-refractivity contribution in [2.75, 3.05) is 18.8 Å². The SMILES string of the molecule is O=C(CSc1nc2sc3c(c2c(=O)n1-c1ccccc1)CCN(CCc1ccccc1)C3)c1ccc(Cl)cc1. The lowest BCUT2D eigenvalue weighted by Gasteiger charge is -2.26. The number of para-hydroxylation sites is 1. The van der Waals surface area contributed by atoms with Crippen LogP contribution in [0.3, 0.4) is 0 Å². The van der Waals surface area contributed by atoms with Crippen LogP contribution in [0, 0.1) is 0 Å². The second kappa shape index (κ2) is 11.5. The third kappa shape index (κ3) is 5.58. The Bertz CT molecular complexity index is 1680. The summed E-state index contributed by atoms with van der Waals surface area (Å²) in [5, 5.41) is 1.83. The maximum atomic E-state index is 14.0. The molecule has 1 aliphatic heterocycles. The maximum Gasteiger partial charge on any atom is 0.267 e. The Morgan fingerprint density at radius 1 is 0.974 bits per heavy atom. The molecule has 196 valence electrons. The quantitative estimate of drug-likeness (QED) is 0.118. The number of hydrogen-bond donors (Lipinski definition) is 0. The predicted octanol–water partition coefficient (Wildman–Crippen LogP) is 6.68. The summed E-state index contributed by atoms with van der Waals surface area (Å²) in [6, 6.07) is 27.0. The number of Topliss-reactive ketones (excluding diaryl/α,β-unsaturated/α-hetero) is 1. The van der Waals surface area contributed by atoms with Gasteiger partial charge in [-0.1, -0.05) is 71.9 Å². The highest BCUT2D eigenvalue weighted by atomic mass is 35.5. The van der Waals surface area contributed by atoms with Gasteiger partial charge in [-0.05, 0) is 60.4 Å². The number of carbonyl (C=O) groups excluding carboxylic acids is 1. The van der Waals surface area contributed by atoms with Crippen molar-refractivity contribution in [1.29, 1.82) is 0 Å². The van der Waals surface area contributed by atoms with Crippen LogP contribution in [0.25, 0.3) is 15.9 Å². The molecule has 6 rings (SSSR count). The zero-order valence-electron chi connectivity index (χ0n) is 21.2. The fourth-order valence-electron chi connectivity index (χ4n) is 4.95. The van der Waals surface area contributed by atoms with Crippen molar-refractivity contribution in [3.8, 4) is 5.69 Å². The van der Waals surface area contributed by atoms with Gasteiger partial charge in [0, 0.05) is 35.1 Å². The van der Waals surface area contributed by atoms with Crippen LogP contribution in [0.15, 0.2) is 94.9 Å². The van der Waals surface area contributed by atoms with Gasteiger partial charge in [0.2, 0.25) is 0 Å². The topological polar surface area (TPSA) is 55.2 Å². The fraction of sp³-hybridized carbons (Fsp3) is 0.194. The molecule has 5 nitrogen and oxygen atoms in total. The van der Waals surface area contributed by atoms with E-state index in [2.05, 4.69) is 29.2 Å². The number of hydrogen-bond acceptors (Lipinski definition) is 6. The first-order valence-corrected chi connectivity index (χ1v) is 15.1. The molecule has 8 heteroatoms. The molecule has 0 amide bonds. The van der Waals surface area contributed by atoms with Crippen molar-refractivity contribution in [3.05, 3.63) is 122 Å². The molecule has 0 spiro atoms. The van der Waals surface area contributed by atoms with Crippen LogP contribution in [-0.4, -0.2) is 39.1 Å². The number of halogens is 1. The van der Waals surface area contributed by atoms with Gasteiger partial charge in [0.15, 0.2) is 10.9 Å². The molecule has 0 N–H and O–H groups in total. The fourth-order valence-corrected chi connectivity index (χ4v) is 7.29. The standard InChI is InChI=1S/C31H26ClN3O2S2/c32-23-13-11-22(12-14-23)26(36)20-38-31-33-29-28(30(37)35(31)24-9-5-2-6-10-24)25-16-18-34(19-27(25)39-29)17-15-21-7-3-1-4-8-21/h1-14H,15-20H2. The van der Waals surface area contributed by atoms with Gasteiger partial charge in [0.1, 0.15) is 4.83 Å². The molecule has 1 aliphatic rings. The molecule has 2 aromatic heterocycles. The second-order valence-electron chi connectivity index (χ2n) is 9.53. The normalized spacial score (nSPS) is 13.5. The number of benzene rings is 3. The first-order chi connectivity index (χ1) is 19.1. The Kier molecular flexibility index (Phi) is 7.66. The summed E-state index contributed by atoms with van der Waals surface area (Å²) < 4.78 is 1.66. The highest BCUT2D eigenvalue weighted by molar-refractivity contribution is 7.99. The van der Waals surface area contributed by atoms with Crippen LogP contribution in [-0.2, 0) is 19.4 Å². The largest absolute Gasteiger partial charge is 0.298 e. The van der Waals surface area contributed by atoms with Crippen molar-refractivity contribution in [3.63, 3.8) is 0 Å². The van der Waals surface area contributed by atoms with Crippen LogP contribution in [0.4, 0.5) is 0 Å². The number of carbonyl (C=O) groups is 1. The van der Waals surface area contributed by atoms with Crippen molar-refractivity contribution in [1.82, 2.24) is 14.5 Å². The van der Waals surface area contributed by atoms with Crippen molar-refractivity contribution >= 4 is 50.7 Å². The molecule has 3 heterocycles. The van der Waals surface area contributed by atoms with E-state index in [0.29, 0.717) is 15.7 Å². The molecule has 3 aromatic carbocycles. The zero-order valence-corrected chi connectivity index (χ0v) is 23.6. The summed E-state index contributed by atoms with van der Waals surface area (Å²) in [5.74, 6) is 0.135. The van der Waals surface area contributed by atoms with Crippen LogP contribution in [0.2, 0.25) is 5.02 Å². The minimum atomic E-state index is -0.0668. The maximum absolute atomic E-state index is 14.0. The van der Waals surface area contributed by atoms with E-state index >= 15 is 0 Å². The Hall–Kier alpha value is -3.23. The zero-order chi connectivity index (χ0) is 26.8. The van der Waals surface area contributed by atoms with Gasteiger partial charge in [-0.2, -0.15) is 0 Å². The summed E-state index contributed by atoms with van der Waals surface area (Å²) in [6.45, 7) is 2.72. The molecule has 0 saturated carbocycles. The van der Waals surface area contributed by atoms with Crippen LogP contribution in [0.1, 0.15) is 26.4 Å². The first-order valence-electron chi connectivity index (χ1n) is 12.9. The second-order valence-corrected chi connectivity index (χ2v) is 12.0. The number of ketones is 1. The lowest BCUT2D eigenvalue weighted by Crippen LogP contribution is -2.32. The Morgan fingerprint density at radius 3 is 2.44 bits per heavy atom. The molecule has 0 unspecified atom stereocenters. The summed E-state index contributed by atoms with van der Waals surface area (Å²) in [5.41, 5.74) is 3.73. The van der Waals surface area contributed by atoms with Gasteiger partial charge in [-0.15, -0.1) is 11.3 Å². The summed E-state index contributed by atoms with van der Waals surface area (Å²) >= 11 is 8.89. The molecule has 0 bridgehead atoms. The van der Waals surface area contributed by atoms with Crippen molar-refractivity contribution in [2.24, 2.45) is 0 Å².